The molecule has 1 fully saturated rings. The Kier molecular flexibility index (Phi) is 6.32. The highest BCUT2D eigenvalue weighted by atomic mass is 35.5. The second-order valence-corrected chi connectivity index (χ2v) is 8.35. The molecule has 0 bridgehead atoms. The summed E-state index contributed by atoms with van der Waals surface area (Å²) in [6.07, 6.45) is 3.19. The van der Waals surface area contributed by atoms with Gasteiger partial charge in [-0.3, -0.25) is 0 Å². The Morgan fingerprint density at radius 3 is 2.60 bits per heavy atom. The smallest absolute Gasteiger partial charge is 0.105 e. The molecule has 1 aliphatic heterocycles. The zero-order valence-corrected chi connectivity index (χ0v) is 16.9. The fraction of sp³-hybridized carbons (Fsp3) is 0.350. The first kappa shape index (κ1) is 18.6. The van der Waals surface area contributed by atoms with Crippen molar-refractivity contribution >= 4 is 46.5 Å². The lowest BCUT2D eigenvalue weighted by Gasteiger charge is -2.13. The maximum atomic E-state index is 6.49. The number of thioether (sulfide) groups is 1. The third-order valence-electron chi connectivity index (χ3n) is 4.44. The minimum atomic E-state index is 0.741. The van der Waals surface area contributed by atoms with Crippen molar-refractivity contribution in [2.24, 2.45) is 4.99 Å². The van der Waals surface area contributed by atoms with Gasteiger partial charge in [-0.25, -0.2) is 4.99 Å². The second-order valence-electron chi connectivity index (χ2n) is 6.34. The molecule has 0 aromatic heterocycles. The lowest BCUT2D eigenvalue weighted by Crippen LogP contribution is -2.18. The van der Waals surface area contributed by atoms with E-state index in [4.69, 9.17) is 28.2 Å². The van der Waals surface area contributed by atoms with Gasteiger partial charge in [0, 0.05) is 35.7 Å². The van der Waals surface area contributed by atoms with E-state index in [-0.39, 0.29) is 0 Å². The van der Waals surface area contributed by atoms with Crippen LogP contribution in [0.4, 0.5) is 5.69 Å². The van der Waals surface area contributed by atoms with Gasteiger partial charge in [-0.05, 0) is 67.3 Å². The average molecular weight is 393 g/mol. The molecule has 0 radical (unpaired) electrons. The highest BCUT2D eigenvalue weighted by Crippen LogP contribution is 2.31. The van der Waals surface area contributed by atoms with Gasteiger partial charge in [-0.2, -0.15) is 0 Å². The van der Waals surface area contributed by atoms with Crippen molar-refractivity contribution in [3.63, 3.8) is 0 Å². The van der Waals surface area contributed by atoms with Crippen molar-refractivity contribution in [3.05, 3.63) is 57.6 Å². The molecule has 132 valence electrons. The van der Waals surface area contributed by atoms with Crippen LogP contribution in [0, 0.1) is 6.92 Å². The summed E-state index contributed by atoms with van der Waals surface area (Å²) in [5.41, 5.74) is 3.42. The molecule has 0 atom stereocenters. The summed E-state index contributed by atoms with van der Waals surface area (Å²) in [6, 6.07) is 12.2. The molecule has 5 heteroatoms. The summed E-state index contributed by atoms with van der Waals surface area (Å²) in [5.74, 6) is 2.14. The van der Waals surface area contributed by atoms with Crippen LogP contribution in [-0.4, -0.2) is 30.1 Å². The van der Waals surface area contributed by atoms with Gasteiger partial charge in [0.25, 0.3) is 0 Å². The van der Waals surface area contributed by atoms with Gasteiger partial charge in [-0.1, -0.05) is 23.2 Å². The van der Waals surface area contributed by atoms with Crippen molar-refractivity contribution in [1.29, 1.82) is 0 Å². The zero-order chi connectivity index (χ0) is 17.8. The molecule has 0 N–H and O–H groups in total. The predicted molar refractivity (Wildman–Crippen MR) is 111 cm³/mol. The molecule has 0 saturated carbocycles. The van der Waals surface area contributed by atoms with Crippen LogP contribution in [0.3, 0.4) is 0 Å². The highest BCUT2D eigenvalue weighted by molar-refractivity contribution is 7.99. The molecule has 2 nitrogen and oxygen atoms in total. The monoisotopic (exact) mass is 392 g/mol. The number of halogens is 2. The number of rotatable bonds is 5. The fourth-order valence-electron chi connectivity index (χ4n) is 2.95. The Balaban J connectivity index is 1.66. The molecule has 1 saturated heterocycles. The van der Waals surface area contributed by atoms with Crippen molar-refractivity contribution in [1.82, 2.24) is 4.90 Å². The highest BCUT2D eigenvalue weighted by Gasteiger charge is 2.15. The Morgan fingerprint density at radius 2 is 1.92 bits per heavy atom. The lowest BCUT2D eigenvalue weighted by molar-refractivity contribution is 0.550. The van der Waals surface area contributed by atoms with E-state index in [9.17, 15) is 0 Å². The Labute approximate surface area is 164 Å². The van der Waals surface area contributed by atoms with Crippen LogP contribution in [-0.2, 0) is 6.42 Å². The standard InChI is InChI=1S/C20H22Cl2N2S/c1-14-12-19(23-20-4-3-10-24(20)2)18(22)13-15(14)9-11-25-17-7-5-16(21)6-8-17/h5-8,12-13H,3-4,9-11H2,1-2H3. The van der Waals surface area contributed by atoms with Crippen molar-refractivity contribution in [2.45, 2.75) is 31.1 Å². The first-order valence-electron chi connectivity index (χ1n) is 8.49. The number of hydrogen-bond donors (Lipinski definition) is 0. The number of aliphatic imine (C=N–C) groups is 1. The maximum Gasteiger partial charge on any atom is 0.105 e. The van der Waals surface area contributed by atoms with Crippen LogP contribution in [0.5, 0.6) is 0 Å². The van der Waals surface area contributed by atoms with E-state index in [1.807, 2.05) is 23.9 Å². The minimum Gasteiger partial charge on any atom is -0.363 e. The molecule has 2 aromatic rings. The fourth-order valence-corrected chi connectivity index (χ4v) is 4.19. The number of nitrogens with zero attached hydrogens (tertiary/aromatic N) is 2. The normalized spacial score (nSPS) is 16.0. The van der Waals surface area contributed by atoms with Crippen LogP contribution < -0.4 is 0 Å². The van der Waals surface area contributed by atoms with Gasteiger partial charge in [0.2, 0.25) is 0 Å². The number of aryl methyl sites for hydroxylation is 2. The molecule has 25 heavy (non-hydrogen) atoms. The molecule has 1 aliphatic rings. The number of hydrogen-bond acceptors (Lipinski definition) is 2. The van der Waals surface area contributed by atoms with Gasteiger partial charge >= 0.3 is 0 Å². The van der Waals surface area contributed by atoms with Gasteiger partial charge < -0.3 is 4.90 Å². The van der Waals surface area contributed by atoms with E-state index < -0.39 is 0 Å². The Morgan fingerprint density at radius 1 is 1.16 bits per heavy atom. The van der Waals surface area contributed by atoms with Gasteiger partial charge in [0.1, 0.15) is 5.84 Å². The van der Waals surface area contributed by atoms with Crippen LogP contribution in [0.2, 0.25) is 10.0 Å². The first-order valence-corrected chi connectivity index (χ1v) is 10.2. The Bertz CT molecular complexity index is 772. The number of likely N-dealkylation sites (tertiary alicyclic amines) is 1. The van der Waals surface area contributed by atoms with Crippen molar-refractivity contribution < 1.29 is 0 Å². The molecule has 0 amide bonds. The minimum absolute atomic E-state index is 0.741. The first-order chi connectivity index (χ1) is 12.0. The average Bonchev–Trinajstić information content (AvgIpc) is 2.99. The maximum absolute atomic E-state index is 6.49. The molecule has 0 aliphatic carbocycles. The molecular formula is C20H22Cl2N2S. The van der Waals surface area contributed by atoms with E-state index in [2.05, 4.69) is 43.1 Å². The molecule has 1 heterocycles. The van der Waals surface area contributed by atoms with E-state index in [0.717, 1.165) is 46.7 Å². The Hall–Kier alpha value is -1.16. The van der Waals surface area contributed by atoms with Gasteiger partial charge in [0.15, 0.2) is 0 Å². The van der Waals surface area contributed by atoms with E-state index in [0.29, 0.717) is 0 Å². The van der Waals surface area contributed by atoms with Gasteiger partial charge in [0.05, 0.1) is 10.7 Å². The summed E-state index contributed by atoms with van der Waals surface area (Å²) < 4.78 is 0. The summed E-state index contributed by atoms with van der Waals surface area (Å²) in [5, 5.41) is 1.52. The molecule has 3 rings (SSSR count). The zero-order valence-electron chi connectivity index (χ0n) is 14.6. The van der Waals surface area contributed by atoms with Gasteiger partial charge in [-0.15, -0.1) is 11.8 Å². The summed E-state index contributed by atoms with van der Waals surface area (Å²) >= 11 is 14.3. The lowest BCUT2D eigenvalue weighted by atomic mass is 10.1. The van der Waals surface area contributed by atoms with Crippen LogP contribution in [0.15, 0.2) is 46.3 Å². The summed E-state index contributed by atoms with van der Waals surface area (Å²) in [4.78, 5) is 8.22. The second kappa shape index (κ2) is 8.48. The van der Waals surface area contributed by atoms with Crippen LogP contribution in [0.25, 0.3) is 0 Å². The quantitative estimate of drug-likeness (QED) is 0.547. The number of amidine groups is 1. The van der Waals surface area contributed by atoms with Crippen molar-refractivity contribution in [2.75, 3.05) is 19.3 Å². The molecule has 2 aromatic carbocycles. The predicted octanol–water partition coefficient (Wildman–Crippen LogP) is 6.39. The van der Waals surface area contributed by atoms with E-state index in [1.54, 1.807) is 0 Å². The van der Waals surface area contributed by atoms with Crippen LogP contribution in [0.1, 0.15) is 24.0 Å². The third kappa shape index (κ3) is 4.93. The van der Waals surface area contributed by atoms with Crippen LogP contribution >= 0.6 is 35.0 Å². The number of benzene rings is 2. The molecule has 0 spiro atoms. The third-order valence-corrected chi connectivity index (χ3v) is 6.01. The summed E-state index contributed by atoms with van der Waals surface area (Å²) in [7, 11) is 2.09. The van der Waals surface area contributed by atoms with E-state index in [1.165, 1.54) is 22.4 Å². The van der Waals surface area contributed by atoms with E-state index >= 15 is 0 Å². The SMILES string of the molecule is Cc1cc(N=C2CCCN2C)c(Cl)cc1CCSc1ccc(Cl)cc1. The topological polar surface area (TPSA) is 15.6 Å². The van der Waals surface area contributed by atoms with Crippen molar-refractivity contribution in [3.8, 4) is 0 Å². The molecule has 0 unspecified atom stereocenters. The summed E-state index contributed by atoms with van der Waals surface area (Å²) in [6.45, 7) is 3.22. The molecular weight excluding hydrogens is 371 g/mol. The largest absolute Gasteiger partial charge is 0.363 e.